The van der Waals surface area contributed by atoms with E-state index in [9.17, 15) is 8.42 Å². The van der Waals surface area contributed by atoms with E-state index in [0.29, 0.717) is 23.8 Å². The van der Waals surface area contributed by atoms with Crippen LogP contribution in [0.4, 0.5) is 5.69 Å². The molecule has 0 aliphatic heterocycles. The van der Waals surface area contributed by atoms with Gasteiger partial charge in [-0.3, -0.25) is 4.72 Å². The van der Waals surface area contributed by atoms with Crippen LogP contribution in [0.5, 0.6) is 11.5 Å². The molecule has 2 rings (SSSR count). The molecule has 0 atom stereocenters. The number of anilines is 1. The van der Waals surface area contributed by atoms with Crippen LogP contribution in [0.2, 0.25) is 10.0 Å². The number of benzene rings is 2. The number of hydrogen-bond acceptors (Lipinski definition) is 4. The third kappa shape index (κ3) is 4.22. The van der Waals surface area contributed by atoms with Gasteiger partial charge < -0.3 is 9.47 Å². The van der Waals surface area contributed by atoms with Gasteiger partial charge in [-0.25, -0.2) is 8.42 Å². The molecule has 0 heterocycles. The second-order valence-electron chi connectivity index (χ2n) is 4.48. The molecule has 0 radical (unpaired) electrons. The number of rotatable bonds is 6. The summed E-state index contributed by atoms with van der Waals surface area (Å²) in [5.41, 5.74) is 0.344. The molecule has 2 aromatic rings. The highest BCUT2D eigenvalue weighted by Gasteiger charge is 2.17. The molecule has 8 heteroatoms. The van der Waals surface area contributed by atoms with E-state index < -0.39 is 10.0 Å². The number of ether oxygens (including phenoxy) is 2. The maximum Gasteiger partial charge on any atom is 0.261 e. The number of nitrogens with one attached hydrogen (secondary N) is 1. The van der Waals surface area contributed by atoms with Crippen LogP contribution >= 0.6 is 23.2 Å². The first kappa shape index (κ1) is 17.7. The monoisotopic (exact) mass is 375 g/mol. The van der Waals surface area contributed by atoms with Crippen LogP contribution in [0.3, 0.4) is 0 Å². The summed E-state index contributed by atoms with van der Waals surface area (Å²) in [6, 6.07) is 8.86. The van der Waals surface area contributed by atoms with E-state index in [2.05, 4.69) is 4.72 Å². The Balaban J connectivity index is 2.31. The Kier molecular flexibility index (Phi) is 5.62. The summed E-state index contributed by atoms with van der Waals surface area (Å²) in [4.78, 5) is 0.0137. The zero-order chi connectivity index (χ0) is 17.0. The SMILES string of the molecule is CCOc1ccc(NS(=O)(=O)c2ccc(Cl)c(Cl)c2)cc1OC. The highest BCUT2D eigenvalue weighted by Crippen LogP contribution is 2.32. The van der Waals surface area contributed by atoms with Crippen molar-refractivity contribution >= 4 is 38.9 Å². The van der Waals surface area contributed by atoms with Crippen LogP contribution in [-0.2, 0) is 10.0 Å². The molecule has 5 nitrogen and oxygen atoms in total. The quantitative estimate of drug-likeness (QED) is 0.821. The van der Waals surface area contributed by atoms with Crippen molar-refractivity contribution in [3.05, 3.63) is 46.4 Å². The smallest absolute Gasteiger partial charge is 0.261 e. The van der Waals surface area contributed by atoms with Gasteiger partial charge in [0.1, 0.15) is 0 Å². The summed E-state index contributed by atoms with van der Waals surface area (Å²) in [6.45, 7) is 2.32. The summed E-state index contributed by atoms with van der Waals surface area (Å²) < 4.78 is 37.8. The van der Waals surface area contributed by atoms with Crippen molar-refractivity contribution in [1.29, 1.82) is 0 Å². The van der Waals surface area contributed by atoms with Crippen molar-refractivity contribution < 1.29 is 17.9 Å². The van der Waals surface area contributed by atoms with Gasteiger partial charge in [0.15, 0.2) is 11.5 Å². The van der Waals surface area contributed by atoms with Crippen molar-refractivity contribution in [2.75, 3.05) is 18.4 Å². The van der Waals surface area contributed by atoms with Crippen LogP contribution in [-0.4, -0.2) is 22.1 Å². The topological polar surface area (TPSA) is 64.6 Å². The van der Waals surface area contributed by atoms with Crippen molar-refractivity contribution in [2.24, 2.45) is 0 Å². The molecular weight excluding hydrogens is 361 g/mol. The van der Waals surface area contributed by atoms with Gasteiger partial charge in [-0.15, -0.1) is 0 Å². The Morgan fingerprint density at radius 2 is 1.78 bits per heavy atom. The summed E-state index contributed by atoms with van der Waals surface area (Å²) in [5.74, 6) is 0.966. The largest absolute Gasteiger partial charge is 0.493 e. The van der Waals surface area contributed by atoms with E-state index in [4.69, 9.17) is 32.7 Å². The maximum atomic E-state index is 12.4. The minimum atomic E-state index is -3.79. The summed E-state index contributed by atoms with van der Waals surface area (Å²) >= 11 is 11.7. The maximum absolute atomic E-state index is 12.4. The lowest BCUT2D eigenvalue weighted by Gasteiger charge is -2.13. The van der Waals surface area contributed by atoms with Crippen LogP contribution in [0.1, 0.15) is 6.92 Å². The van der Waals surface area contributed by atoms with Crippen molar-refractivity contribution in [1.82, 2.24) is 0 Å². The van der Waals surface area contributed by atoms with E-state index in [1.807, 2.05) is 6.92 Å². The first-order valence-electron chi connectivity index (χ1n) is 6.66. The van der Waals surface area contributed by atoms with Crippen LogP contribution in [0.25, 0.3) is 0 Å². The molecule has 0 aromatic heterocycles. The van der Waals surface area contributed by atoms with Gasteiger partial charge in [0, 0.05) is 6.07 Å². The molecule has 0 fully saturated rings. The summed E-state index contributed by atoms with van der Waals surface area (Å²) in [6.07, 6.45) is 0. The zero-order valence-corrected chi connectivity index (χ0v) is 14.8. The molecule has 0 spiro atoms. The van der Waals surface area contributed by atoms with Gasteiger partial charge in [0.05, 0.1) is 34.3 Å². The first-order chi connectivity index (χ1) is 10.9. The number of sulfonamides is 1. The van der Waals surface area contributed by atoms with Gasteiger partial charge in [-0.1, -0.05) is 23.2 Å². The van der Waals surface area contributed by atoms with Crippen molar-refractivity contribution in [3.63, 3.8) is 0 Å². The standard InChI is InChI=1S/C15H15Cl2NO4S/c1-3-22-14-7-4-10(8-15(14)21-2)18-23(19,20)11-5-6-12(16)13(17)9-11/h4-9,18H,3H2,1-2H3. The van der Waals surface area contributed by atoms with Crippen molar-refractivity contribution in [2.45, 2.75) is 11.8 Å². The third-order valence-corrected chi connectivity index (χ3v) is 5.04. The highest BCUT2D eigenvalue weighted by atomic mass is 35.5. The Bertz CT molecular complexity index is 809. The zero-order valence-electron chi connectivity index (χ0n) is 12.5. The van der Waals surface area contributed by atoms with Gasteiger partial charge in [0.25, 0.3) is 10.0 Å². The molecule has 0 amide bonds. The Morgan fingerprint density at radius 1 is 1.04 bits per heavy atom. The number of hydrogen-bond donors (Lipinski definition) is 1. The average molecular weight is 376 g/mol. The predicted octanol–water partition coefficient (Wildman–Crippen LogP) is 4.20. The average Bonchev–Trinajstić information content (AvgIpc) is 2.51. The Labute approximate surface area is 145 Å². The van der Waals surface area contributed by atoms with Gasteiger partial charge in [-0.05, 0) is 37.3 Å². The molecule has 0 bridgehead atoms. The Hall–Kier alpha value is -1.63. The fraction of sp³-hybridized carbons (Fsp3) is 0.200. The molecule has 23 heavy (non-hydrogen) atoms. The molecule has 124 valence electrons. The summed E-state index contributed by atoms with van der Waals surface area (Å²) in [5, 5.41) is 0.451. The second-order valence-corrected chi connectivity index (χ2v) is 6.98. The lowest BCUT2D eigenvalue weighted by Crippen LogP contribution is -2.13. The molecule has 2 aromatic carbocycles. The fourth-order valence-corrected chi connectivity index (χ4v) is 3.30. The molecule has 0 saturated heterocycles. The van der Waals surface area contributed by atoms with E-state index in [-0.39, 0.29) is 14.9 Å². The third-order valence-electron chi connectivity index (χ3n) is 2.92. The number of halogens is 2. The van der Waals surface area contributed by atoms with Crippen LogP contribution in [0.15, 0.2) is 41.3 Å². The molecule has 0 aliphatic rings. The number of methoxy groups -OCH3 is 1. The van der Waals surface area contributed by atoms with E-state index in [1.54, 1.807) is 18.2 Å². The predicted molar refractivity (Wildman–Crippen MR) is 91.4 cm³/mol. The minimum absolute atomic E-state index is 0.0137. The Morgan fingerprint density at radius 3 is 2.39 bits per heavy atom. The van der Waals surface area contributed by atoms with E-state index in [0.717, 1.165) is 0 Å². The minimum Gasteiger partial charge on any atom is -0.493 e. The van der Waals surface area contributed by atoms with Crippen LogP contribution < -0.4 is 14.2 Å². The van der Waals surface area contributed by atoms with Crippen molar-refractivity contribution in [3.8, 4) is 11.5 Å². The molecular formula is C15H15Cl2NO4S. The molecule has 0 unspecified atom stereocenters. The molecule has 0 saturated carbocycles. The molecule has 0 aliphatic carbocycles. The highest BCUT2D eigenvalue weighted by molar-refractivity contribution is 7.92. The summed E-state index contributed by atoms with van der Waals surface area (Å²) in [7, 11) is -2.31. The van der Waals surface area contributed by atoms with E-state index in [1.165, 1.54) is 25.3 Å². The first-order valence-corrected chi connectivity index (χ1v) is 8.90. The van der Waals surface area contributed by atoms with Gasteiger partial charge in [-0.2, -0.15) is 0 Å². The van der Waals surface area contributed by atoms with E-state index >= 15 is 0 Å². The lowest BCUT2D eigenvalue weighted by atomic mass is 10.3. The van der Waals surface area contributed by atoms with Crippen LogP contribution in [0, 0.1) is 0 Å². The molecule has 1 N–H and O–H groups in total. The fourth-order valence-electron chi connectivity index (χ4n) is 1.86. The lowest BCUT2D eigenvalue weighted by molar-refractivity contribution is 0.311. The normalized spacial score (nSPS) is 11.1. The second kappa shape index (κ2) is 7.29. The van der Waals surface area contributed by atoms with Gasteiger partial charge in [0.2, 0.25) is 0 Å². The van der Waals surface area contributed by atoms with Gasteiger partial charge >= 0.3 is 0 Å².